The van der Waals surface area contributed by atoms with Crippen molar-refractivity contribution in [3.8, 4) is 5.75 Å². The maximum atomic E-state index is 13.9. The van der Waals surface area contributed by atoms with Crippen molar-refractivity contribution in [1.29, 1.82) is 0 Å². The summed E-state index contributed by atoms with van der Waals surface area (Å²) >= 11 is 0. The Balaban J connectivity index is 1.52. The van der Waals surface area contributed by atoms with Crippen LogP contribution in [0.3, 0.4) is 0 Å². The fraction of sp³-hybridized carbons (Fsp3) is 0.350. The fourth-order valence-corrected chi connectivity index (χ4v) is 3.16. The Labute approximate surface area is 147 Å². The molecule has 1 heterocycles. The second kappa shape index (κ2) is 7.55. The van der Waals surface area contributed by atoms with E-state index in [0.29, 0.717) is 31.9 Å². The molecule has 5 heteroatoms. The highest BCUT2D eigenvalue weighted by atomic mass is 19.1. The lowest BCUT2D eigenvalue weighted by Gasteiger charge is -2.36. The number of benzene rings is 2. The van der Waals surface area contributed by atoms with Gasteiger partial charge in [-0.15, -0.1) is 0 Å². The van der Waals surface area contributed by atoms with Crippen molar-refractivity contribution in [2.75, 3.05) is 37.7 Å². The van der Waals surface area contributed by atoms with Gasteiger partial charge in [0.15, 0.2) is 6.61 Å². The molecule has 1 amide bonds. The third kappa shape index (κ3) is 4.29. The first kappa shape index (κ1) is 17.3. The molecular weight excluding hydrogens is 319 g/mol. The van der Waals surface area contributed by atoms with Crippen LogP contribution in [0, 0.1) is 19.7 Å². The van der Waals surface area contributed by atoms with Crippen molar-refractivity contribution in [2.24, 2.45) is 0 Å². The number of anilines is 1. The van der Waals surface area contributed by atoms with E-state index in [2.05, 4.69) is 6.07 Å². The standard InChI is InChI=1S/C20H23FN2O2/c1-15-11-16(2)13-17(12-15)25-14-20(24)23-9-7-22(8-10-23)19-6-4-3-5-18(19)21/h3-6,11-13H,7-10,14H2,1-2H3. The molecule has 25 heavy (non-hydrogen) atoms. The van der Waals surface area contributed by atoms with Gasteiger partial charge in [0.05, 0.1) is 5.69 Å². The van der Waals surface area contributed by atoms with E-state index < -0.39 is 0 Å². The van der Waals surface area contributed by atoms with Crippen LogP contribution in [0.15, 0.2) is 42.5 Å². The molecule has 0 aliphatic carbocycles. The average Bonchev–Trinajstić information content (AvgIpc) is 2.59. The van der Waals surface area contributed by atoms with Crippen LogP contribution in [0.2, 0.25) is 0 Å². The summed E-state index contributed by atoms with van der Waals surface area (Å²) in [5.41, 5.74) is 2.82. The van der Waals surface area contributed by atoms with Crippen molar-refractivity contribution < 1.29 is 13.9 Å². The number of hydrogen-bond acceptors (Lipinski definition) is 3. The van der Waals surface area contributed by atoms with Gasteiger partial charge >= 0.3 is 0 Å². The number of ether oxygens (including phenoxy) is 1. The number of aryl methyl sites for hydroxylation is 2. The van der Waals surface area contributed by atoms with Crippen LogP contribution in [0.5, 0.6) is 5.75 Å². The van der Waals surface area contributed by atoms with Crippen LogP contribution in [-0.2, 0) is 4.79 Å². The van der Waals surface area contributed by atoms with Crippen molar-refractivity contribution in [3.05, 3.63) is 59.4 Å². The van der Waals surface area contributed by atoms with Gasteiger partial charge in [-0.2, -0.15) is 0 Å². The topological polar surface area (TPSA) is 32.8 Å². The summed E-state index contributed by atoms with van der Waals surface area (Å²) in [7, 11) is 0. The number of halogens is 1. The minimum atomic E-state index is -0.222. The molecule has 1 aliphatic rings. The third-order valence-electron chi connectivity index (χ3n) is 4.38. The van der Waals surface area contributed by atoms with Crippen LogP contribution in [0.1, 0.15) is 11.1 Å². The van der Waals surface area contributed by atoms with Gasteiger partial charge in [-0.1, -0.05) is 18.2 Å². The van der Waals surface area contributed by atoms with E-state index in [-0.39, 0.29) is 18.3 Å². The number of carbonyl (C=O) groups is 1. The molecular formula is C20H23FN2O2. The zero-order chi connectivity index (χ0) is 17.8. The lowest BCUT2D eigenvalue weighted by atomic mass is 10.1. The molecule has 0 unspecified atom stereocenters. The molecule has 0 bridgehead atoms. The van der Waals surface area contributed by atoms with Crippen LogP contribution in [0.25, 0.3) is 0 Å². The molecule has 3 rings (SSSR count). The number of amides is 1. The Morgan fingerprint density at radius 1 is 1.04 bits per heavy atom. The van der Waals surface area contributed by atoms with E-state index >= 15 is 0 Å². The van der Waals surface area contributed by atoms with Gasteiger partial charge in [0.2, 0.25) is 0 Å². The first-order valence-corrected chi connectivity index (χ1v) is 8.51. The number of piperazine rings is 1. The zero-order valence-corrected chi connectivity index (χ0v) is 14.7. The molecule has 0 radical (unpaired) electrons. The Morgan fingerprint density at radius 2 is 1.68 bits per heavy atom. The molecule has 2 aromatic rings. The summed E-state index contributed by atoms with van der Waals surface area (Å²) in [5, 5.41) is 0. The molecule has 2 aromatic carbocycles. The predicted octanol–water partition coefficient (Wildman–Crippen LogP) is 3.17. The van der Waals surface area contributed by atoms with E-state index in [0.717, 1.165) is 16.9 Å². The quantitative estimate of drug-likeness (QED) is 0.856. The summed E-state index contributed by atoms with van der Waals surface area (Å²) in [5.74, 6) is 0.462. The molecule has 1 fully saturated rings. The maximum absolute atomic E-state index is 13.9. The Morgan fingerprint density at radius 3 is 2.32 bits per heavy atom. The number of rotatable bonds is 4. The van der Waals surface area contributed by atoms with E-state index in [9.17, 15) is 9.18 Å². The lowest BCUT2D eigenvalue weighted by Crippen LogP contribution is -2.50. The van der Waals surface area contributed by atoms with E-state index in [1.54, 1.807) is 17.0 Å². The largest absolute Gasteiger partial charge is 0.484 e. The Bertz CT molecular complexity index is 735. The number of hydrogen-bond donors (Lipinski definition) is 0. The van der Waals surface area contributed by atoms with Crippen molar-refractivity contribution in [2.45, 2.75) is 13.8 Å². The highest BCUT2D eigenvalue weighted by Gasteiger charge is 2.22. The van der Waals surface area contributed by atoms with Crippen LogP contribution < -0.4 is 9.64 Å². The lowest BCUT2D eigenvalue weighted by molar-refractivity contribution is -0.133. The molecule has 0 aromatic heterocycles. The molecule has 0 N–H and O–H groups in total. The second-order valence-electron chi connectivity index (χ2n) is 6.43. The summed E-state index contributed by atoms with van der Waals surface area (Å²) in [6.07, 6.45) is 0. The van der Waals surface area contributed by atoms with E-state index in [4.69, 9.17) is 4.74 Å². The van der Waals surface area contributed by atoms with Gasteiger partial charge in [0, 0.05) is 26.2 Å². The van der Waals surface area contributed by atoms with Crippen LogP contribution in [0.4, 0.5) is 10.1 Å². The zero-order valence-electron chi connectivity index (χ0n) is 14.7. The highest BCUT2D eigenvalue weighted by Crippen LogP contribution is 2.20. The molecule has 0 atom stereocenters. The first-order chi connectivity index (χ1) is 12.0. The van der Waals surface area contributed by atoms with Gasteiger partial charge in [-0.25, -0.2) is 4.39 Å². The summed E-state index contributed by atoms with van der Waals surface area (Å²) < 4.78 is 19.5. The third-order valence-corrected chi connectivity index (χ3v) is 4.38. The normalized spacial score (nSPS) is 14.5. The number of nitrogens with zero attached hydrogens (tertiary/aromatic N) is 2. The van der Waals surface area contributed by atoms with E-state index in [1.165, 1.54) is 6.07 Å². The monoisotopic (exact) mass is 342 g/mol. The minimum Gasteiger partial charge on any atom is -0.484 e. The summed E-state index contributed by atoms with van der Waals surface area (Å²) in [6, 6.07) is 12.7. The van der Waals surface area contributed by atoms with Crippen LogP contribution in [-0.4, -0.2) is 43.6 Å². The Kier molecular flexibility index (Phi) is 5.22. The van der Waals surface area contributed by atoms with Gasteiger partial charge in [-0.05, 0) is 49.2 Å². The molecule has 132 valence electrons. The molecule has 4 nitrogen and oxygen atoms in total. The minimum absolute atomic E-state index is 0.0303. The number of para-hydroxylation sites is 1. The second-order valence-corrected chi connectivity index (χ2v) is 6.43. The van der Waals surface area contributed by atoms with Gasteiger partial charge < -0.3 is 14.5 Å². The van der Waals surface area contributed by atoms with Crippen molar-refractivity contribution >= 4 is 11.6 Å². The van der Waals surface area contributed by atoms with E-state index in [1.807, 2.05) is 36.9 Å². The summed E-state index contributed by atoms with van der Waals surface area (Å²) in [6.45, 7) is 6.43. The van der Waals surface area contributed by atoms with Gasteiger partial charge in [0.25, 0.3) is 5.91 Å². The smallest absolute Gasteiger partial charge is 0.260 e. The fourth-order valence-electron chi connectivity index (χ4n) is 3.16. The van der Waals surface area contributed by atoms with Crippen molar-refractivity contribution in [1.82, 2.24) is 4.90 Å². The van der Waals surface area contributed by atoms with Gasteiger partial charge in [0.1, 0.15) is 11.6 Å². The molecule has 1 aliphatic heterocycles. The Hall–Kier alpha value is -2.56. The molecule has 0 saturated carbocycles. The van der Waals surface area contributed by atoms with Crippen molar-refractivity contribution in [3.63, 3.8) is 0 Å². The maximum Gasteiger partial charge on any atom is 0.260 e. The molecule has 1 saturated heterocycles. The average molecular weight is 342 g/mol. The number of carbonyl (C=O) groups excluding carboxylic acids is 1. The summed E-state index contributed by atoms with van der Waals surface area (Å²) in [4.78, 5) is 16.1. The highest BCUT2D eigenvalue weighted by molar-refractivity contribution is 5.78. The van der Waals surface area contributed by atoms with Gasteiger partial charge in [-0.3, -0.25) is 4.79 Å². The SMILES string of the molecule is Cc1cc(C)cc(OCC(=O)N2CCN(c3ccccc3F)CC2)c1. The molecule has 0 spiro atoms. The predicted molar refractivity (Wildman–Crippen MR) is 96.6 cm³/mol. The first-order valence-electron chi connectivity index (χ1n) is 8.51. The van der Waals surface area contributed by atoms with Crippen LogP contribution >= 0.6 is 0 Å².